The van der Waals surface area contributed by atoms with Crippen LogP contribution >= 0.6 is 0 Å². The molecule has 0 bridgehead atoms. The molecular weight excluding hydrogens is 196 g/mol. The first-order valence-electron chi connectivity index (χ1n) is 4.33. The Morgan fingerprint density at radius 2 is 2.13 bits per heavy atom. The predicted molar refractivity (Wildman–Crippen MR) is 55.8 cm³/mol. The second kappa shape index (κ2) is 4.99. The minimum Gasteiger partial charge on any atom is -0.623 e. The number of methoxy groups -OCH3 is 1. The molecule has 0 aliphatic carbocycles. The smallest absolute Gasteiger partial charge is 0.284 e. The standard InChI is InChI=1S/C10H12N2O3/c1-15-9-4-2-8(3-5-9)6-12(14)7-10(11)13/h2-6H,7H2,1H3,(H2,11,13)/b12-6-. The van der Waals surface area contributed by atoms with Crippen molar-refractivity contribution in [3.63, 3.8) is 0 Å². The van der Waals surface area contributed by atoms with Crippen LogP contribution in [0.4, 0.5) is 0 Å². The van der Waals surface area contributed by atoms with Gasteiger partial charge in [-0.15, -0.1) is 0 Å². The van der Waals surface area contributed by atoms with Gasteiger partial charge in [0.05, 0.1) is 7.11 Å². The van der Waals surface area contributed by atoms with Gasteiger partial charge in [-0.05, 0) is 24.3 Å². The molecule has 0 unspecified atom stereocenters. The molecule has 0 aliphatic rings. The quantitative estimate of drug-likeness (QED) is 0.330. The molecule has 80 valence electrons. The number of primary amides is 1. The summed E-state index contributed by atoms with van der Waals surface area (Å²) in [7, 11) is 1.56. The molecule has 1 amide bonds. The number of hydrogen-bond acceptors (Lipinski definition) is 3. The molecule has 5 heteroatoms. The topological polar surface area (TPSA) is 78.4 Å². The predicted octanol–water partition coefficient (Wildman–Crippen LogP) is 0.110. The van der Waals surface area contributed by atoms with Crippen molar-refractivity contribution in [2.45, 2.75) is 0 Å². The lowest BCUT2D eigenvalue weighted by Crippen LogP contribution is -2.23. The summed E-state index contributed by atoms with van der Waals surface area (Å²) in [5, 5.41) is 11.1. The number of hydrogen-bond donors (Lipinski definition) is 1. The van der Waals surface area contributed by atoms with Crippen molar-refractivity contribution in [1.29, 1.82) is 0 Å². The van der Waals surface area contributed by atoms with Gasteiger partial charge in [-0.1, -0.05) is 0 Å². The fraction of sp³-hybridized carbons (Fsp3) is 0.200. The molecule has 0 atom stereocenters. The minimum atomic E-state index is -0.658. The molecule has 2 N–H and O–H groups in total. The normalized spacial score (nSPS) is 11.1. The Kier molecular flexibility index (Phi) is 3.68. The average Bonchev–Trinajstić information content (AvgIpc) is 2.17. The first-order valence-corrected chi connectivity index (χ1v) is 4.33. The van der Waals surface area contributed by atoms with E-state index >= 15 is 0 Å². The number of carbonyl (C=O) groups excluding carboxylic acids is 1. The summed E-state index contributed by atoms with van der Waals surface area (Å²) >= 11 is 0. The zero-order valence-electron chi connectivity index (χ0n) is 8.34. The van der Waals surface area contributed by atoms with Crippen LogP contribution in [0.2, 0.25) is 0 Å². The van der Waals surface area contributed by atoms with Crippen LogP contribution < -0.4 is 10.5 Å². The van der Waals surface area contributed by atoms with Crippen LogP contribution in [0.3, 0.4) is 0 Å². The number of carbonyl (C=O) groups is 1. The first kappa shape index (κ1) is 11.0. The highest BCUT2D eigenvalue weighted by Crippen LogP contribution is 2.09. The Morgan fingerprint density at radius 3 is 2.60 bits per heavy atom. The van der Waals surface area contributed by atoms with Gasteiger partial charge in [0.1, 0.15) is 5.75 Å². The molecule has 0 saturated carbocycles. The fourth-order valence-electron chi connectivity index (χ4n) is 1.06. The van der Waals surface area contributed by atoms with E-state index in [9.17, 15) is 10.0 Å². The van der Waals surface area contributed by atoms with E-state index in [1.54, 1.807) is 31.4 Å². The van der Waals surface area contributed by atoms with Crippen LogP contribution in [0.5, 0.6) is 5.75 Å². The molecule has 1 aromatic rings. The lowest BCUT2D eigenvalue weighted by molar-refractivity contribution is -0.439. The van der Waals surface area contributed by atoms with Crippen molar-refractivity contribution in [2.24, 2.45) is 5.73 Å². The maximum atomic E-state index is 11.1. The molecule has 0 aromatic heterocycles. The molecule has 0 saturated heterocycles. The number of ether oxygens (including phenoxy) is 1. The molecule has 0 aliphatic heterocycles. The lowest BCUT2D eigenvalue weighted by atomic mass is 10.2. The Balaban J connectivity index is 2.75. The van der Waals surface area contributed by atoms with Crippen LogP contribution in [0.1, 0.15) is 5.56 Å². The summed E-state index contributed by atoms with van der Waals surface area (Å²) in [6.07, 6.45) is 1.30. The Labute approximate surface area is 87.4 Å². The molecule has 1 aromatic carbocycles. The van der Waals surface area contributed by atoms with Gasteiger partial charge in [-0.3, -0.25) is 4.79 Å². The molecule has 1 rings (SSSR count). The number of nitrogens with zero attached hydrogens (tertiary/aromatic N) is 1. The average molecular weight is 208 g/mol. The van der Waals surface area contributed by atoms with Gasteiger partial charge < -0.3 is 15.7 Å². The Morgan fingerprint density at radius 1 is 1.53 bits per heavy atom. The van der Waals surface area contributed by atoms with E-state index in [2.05, 4.69) is 0 Å². The molecule has 0 radical (unpaired) electrons. The molecular formula is C10H12N2O3. The van der Waals surface area contributed by atoms with Crippen molar-refractivity contribution in [2.75, 3.05) is 13.7 Å². The summed E-state index contributed by atoms with van der Waals surface area (Å²) in [6.45, 7) is -0.341. The van der Waals surface area contributed by atoms with Gasteiger partial charge in [-0.2, -0.15) is 0 Å². The SMILES string of the molecule is COc1ccc(/C=[N+](\[O-])CC(N)=O)cc1. The van der Waals surface area contributed by atoms with Crippen LogP contribution in [0, 0.1) is 5.21 Å². The summed E-state index contributed by atoms with van der Waals surface area (Å²) in [6, 6.07) is 6.88. The van der Waals surface area contributed by atoms with Gasteiger partial charge in [0.25, 0.3) is 5.91 Å². The number of hydroxylamine groups is 1. The molecule has 0 spiro atoms. The van der Waals surface area contributed by atoms with E-state index in [1.807, 2.05) is 0 Å². The lowest BCUT2D eigenvalue weighted by Gasteiger charge is -2.01. The number of nitrogens with two attached hydrogens (primary N) is 1. The highest BCUT2D eigenvalue weighted by molar-refractivity contribution is 5.79. The van der Waals surface area contributed by atoms with Crippen molar-refractivity contribution in [3.8, 4) is 5.75 Å². The van der Waals surface area contributed by atoms with E-state index in [0.717, 1.165) is 0 Å². The summed E-state index contributed by atoms with van der Waals surface area (Å²) < 4.78 is 5.45. The van der Waals surface area contributed by atoms with Gasteiger partial charge in [0.15, 0.2) is 6.21 Å². The molecule has 15 heavy (non-hydrogen) atoms. The van der Waals surface area contributed by atoms with Crippen molar-refractivity contribution in [1.82, 2.24) is 0 Å². The fourth-order valence-corrected chi connectivity index (χ4v) is 1.06. The van der Waals surface area contributed by atoms with Crippen LogP contribution in [0.15, 0.2) is 24.3 Å². The highest BCUT2D eigenvalue weighted by Gasteiger charge is 2.00. The zero-order valence-corrected chi connectivity index (χ0v) is 8.34. The zero-order chi connectivity index (χ0) is 11.3. The Bertz CT molecular complexity index is 371. The van der Waals surface area contributed by atoms with Crippen molar-refractivity contribution < 1.29 is 14.3 Å². The number of amides is 1. The maximum Gasteiger partial charge on any atom is 0.284 e. The summed E-state index contributed by atoms with van der Waals surface area (Å²) in [5.74, 6) is 0.0502. The first-order chi connectivity index (χ1) is 7.11. The van der Waals surface area contributed by atoms with E-state index in [1.165, 1.54) is 6.21 Å². The van der Waals surface area contributed by atoms with Crippen molar-refractivity contribution >= 4 is 12.1 Å². The third-order valence-corrected chi connectivity index (χ3v) is 1.72. The third kappa shape index (κ3) is 3.68. The van der Waals surface area contributed by atoms with Crippen LogP contribution in [-0.4, -0.2) is 30.5 Å². The Hall–Kier alpha value is -2.04. The van der Waals surface area contributed by atoms with E-state index in [0.29, 0.717) is 16.1 Å². The van der Waals surface area contributed by atoms with E-state index in [-0.39, 0.29) is 6.54 Å². The van der Waals surface area contributed by atoms with E-state index in [4.69, 9.17) is 10.5 Å². The summed E-state index contributed by atoms with van der Waals surface area (Å²) in [4.78, 5) is 10.4. The largest absolute Gasteiger partial charge is 0.623 e. The molecule has 0 heterocycles. The van der Waals surface area contributed by atoms with Gasteiger partial charge in [-0.25, -0.2) is 4.74 Å². The van der Waals surface area contributed by atoms with Crippen molar-refractivity contribution in [3.05, 3.63) is 35.0 Å². The van der Waals surface area contributed by atoms with Gasteiger partial charge in [0.2, 0.25) is 6.54 Å². The summed E-state index contributed by atoms with van der Waals surface area (Å²) in [5.41, 5.74) is 5.56. The monoisotopic (exact) mass is 208 g/mol. The number of benzene rings is 1. The van der Waals surface area contributed by atoms with Crippen LogP contribution in [0.25, 0.3) is 0 Å². The second-order valence-electron chi connectivity index (χ2n) is 2.94. The van der Waals surface area contributed by atoms with Gasteiger partial charge in [0, 0.05) is 5.56 Å². The molecule has 5 nitrogen and oxygen atoms in total. The van der Waals surface area contributed by atoms with E-state index < -0.39 is 5.91 Å². The third-order valence-electron chi connectivity index (χ3n) is 1.72. The molecule has 0 fully saturated rings. The highest BCUT2D eigenvalue weighted by atomic mass is 16.5. The maximum absolute atomic E-state index is 11.1. The minimum absolute atomic E-state index is 0.341. The van der Waals surface area contributed by atoms with Gasteiger partial charge >= 0.3 is 0 Å². The number of rotatable bonds is 4. The van der Waals surface area contributed by atoms with Crippen LogP contribution in [-0.2, 0) is 4.79 Å². The second-order valence-corrected chi connectivity index (χ2v) is 2.94.